The Balaban J connectivity index is 2.63. The minimum Gasteiger partial charge on any atom is -0.352 e. The highest BCUT2D eigenvalue weighted by molar-refractivity contribution is 14.1. The quantitative estimate of drug-likeness (QED) is 0.817. The molecule has 0 bridgehead atoms. The van der Waals surface area contributed by atoms with Gasteiger partial charge in [0.25, 0.3) is 5.91 Å². The summed E-state index contributed by atoms with van der Waals surface area (Å²) in [6.45, 7) is 3.15. The molecule has 0 saturated carbocycles. The molecule has 0 aromatic heterocycles. The molecule has 0 saturated heterocycles. The van der Waals surface area contributed by atoms with Gasteiger partial charge in [-0.05, 0) is 53.3 Å². The maximum absolute atomic E-state index is 11.7. The summed E-state index contributed by atoms with van der Waals surface area (Å²) in [7, 11) is 0. The third-order valence-electron chi connectivity index (χ3n) is 2.20. The second-order valence-corrected chi connectivity index (χ2v) is 5.25. The van der Waals surface area contributed by atoms with E-state index in [2.05, 4.69) is 27.9 Å². The van der Waals surface area contributed by atoms with Gasteiger partial charge in [0.15, 0.2) is 0 Å². The first-order chi connectivity index (χ1) is 7.54. The highest BCUT2D eigenvalue weighted by Gasteiger charge is 2.08. The fraction of sp³-hybridized carbons (Fsp3) is 0.364. The molecule has 1 unspecified atom stereocenters. The Kier molecular flexibility index (Phi) is 5.51. The zero-order valence-corrected chi connectivity index (χ0v) is 11.9. The standard InChI is InChI=1S/C11H14ClIN2O/c1-7(5-14)6-15-11(16)8-2-3-9(12)10(13)4-8/h2-4,7H,5-6,14H2,1H3,(H,15,16). The highest BCUT2D eigenvalue weighted by atomic mass is 127. The number of halogens is 2. The van der Waals surface area contributed by atoms with Crippen molar-refractivity contribution in [2.75, 3.05) is 13.1 Å². The number of hydrogen-bond acceptors (Lipinski definition) is 2. The van der Waals surface area contributed by atoms with Crippen LogP contribution in [0.15, 0.2) is 18.2 Å². The molecule has 0 aliphatic carbocycles. The van der Waals surface area contributed by atoms with E-state index in [0.29, 0.717) is 23.7 Å². The molecule has 3 nitrogen and oxygen atoms in total. The monoisotopic (exact) mass is 352 g/mol. The second kappa shape index (κ2) is 6.42. The first kappa shape index (κ1) is 13.7. The molecule has 1 amide bonds. The predicted octanol–water partition coefficient (Wildman–Crippen LogP) is 2.27. The zero-order chi connectivity index (χ0) is 12.1. The van der Waals surface area contributed by atoms with Gasteiger partial charge >= 0.3 is 0 Å². The summed E-state index contributed by atoms with van der Waals surface area (Å²) < 4.78 is 0.874. The molecule has 0 fully saturated rings. The van der Waals surface area contributed by atoms with Crippen LogP contribution in [0, 0.1) is 9.49 Å². The third-order valence-corrected chi connectivity index (χ3v) is 3.74. The lowest BCUT2D eigenvalue weighted by Gasteiger charge is -2.10. The Bertz CT molecular complexity index is 384. The molecule has 0 heterocycles. The Morgan fingerprint density at radius 1 is 1.62 bits per heavy atom. The summed E-state index contributed by atoms with van der Waals surface area (Å²) in [6, 6.07) is 5.21. The second-order valence-electron chi connectivity index (χ2n) is 3.68. The number of rotatable bonds is 4. The van der Waals surface area contributed by atoms with Crippen molar-refractivity contribution in [2.45, 2.75) is 6.92 Å². The number of carbonyl (C=O) groups is 1. The molecule has 16 heavy (non-hydrogen) atoms. The molecule has 1 atom stereocenters. The molecule has 0 radical (unpaired) electrons. The molecule has 3 N–H and O–H groups in total. The Morgan fingerprint density at radius 2 is 2.31 bits per heavy atom. The topological polar surface area (TPSA) is 55.1 Å². The SMILES string of the molecule is CC(CN)CNC(=O)c1ccc(Cl)c(I)c1. The van der Waals surface area contributed by atoms with Crippen LogP contribution in [0.4, 0.5) is 0 Å². The van der Waals surface area contributed by atoms with Gasteiger partial charge in [-0.15, -0.1) is 0 Å². The molecule has 1 aromatic carbocycles. The van der Waals surface area contributed by atoms with Gasteiger partial charge in [-0.3, -0.25) is 4.79 Å². The zero-order valence-electron chi connectivity index (χ0n) is 8.97. The van der Waals surface area contributed by atoms with Gasteiger partial charge in [0.2, 0.25) is 0 Å². The van der Waals surface area contributed by atoms with Crippen LogP contribution in [0.5, 0.6) is 0 Å². The largest absolute Gasteiger partial charge is 0.352 e. The fourth-order valence-electron chi connectivity index (χ4n) is 1.09. The van der Waals surface area contributed by atoms with Crippen LogP contribution in [0.1, 0.15) is 17.3 Å². The summed E-state index contributed by atoms with van der Waals surface area (Å²) in [5.74, 6) is 0.199. The first-order valence-corrected chi connectivity index (χ1v) is 6.43. The lowest BCUT2D eigenvalue weighted by atomic mass is 10.1. The van der Waals surface area contributed by atoms with Gasteiger partial charge in [0.05, 0.1) is 5.02 Å². The number of amides is 1. The van der Waals surface area contributed by atoms with Gasteiger partial charge < -0.3 is 11.1 Å². The summed E-state index contributed by atoms with van der Waals surface area (Å²) in [4.78, 5) is 11.7. The average molecular weight is 353 g/mol. The number of nitrogens with one attached hydrogen (secondary N) is 1. The van der Waals surface area contributed by atoms with Crippen LogP contribution in [-0.2, 0) is 0 Å². The van der Waals surface area contributed by atoms with Gasteiger partial charge in [0.1, 0.15) is 0 Å². The minimum absolute atomic E-state index is 0.0881. The molecule has 88 valence electrons. The average Bonchev–Trinajstić information content (AvgIpc) is 2.29. The van der Waals surface area contributed by atoms with Crippen LogP contribution in [-0.4, -0.2) is 19.0 Å². The van der Waals surface area contributed by atoms with Crippen molar-refractivity contribution in [2.24, 2.45) is 11.7 Å². The van der Waals surface area contributed by atoms with E-state index >= 15 is 0 Å². The fourth-order valence-corrected chi connectivity index (χ4v) is 1.72. The normalized spacial score (nSPS) is 12.2. The highest BCUT2D eigenvalue weighted by Crippen LogP contribution is 2.19. The maximum atomic E-state index is 11.7. The van der Waals surface area contributed by atoms with E-state index in [4.69, 9.17) is 17.3 Å². The Labute approximate surface area is 114 Å². The van der Waals surface area contributed by atoms with Gasteiger partial charge in [0, 0.05) is 15.7 Å². The summed E-state index contributed by atoms with van der Waals surface area (Å²) in [5.41, 5.74) is 6.09. The minimum atomic E-state index is -0.0881. The summed E-state index contributed by atoms with van der Waals surface area (Å²) in [5, 5.41) is 3.49. The lowest BCUT2D eigenvalue weighted by molar-refractivity contribution is 0.0948. The van der Waals surface area contributed by atoms with Crippen molar-refractivity contribution in [1.29, 1.82) is 0 Å². The molecular weight excluding hydrogens is 338 g/mol. The third kappa shape index (κ3) is 3.92. The number of benzene rings is 1. The van der Waals surface area contributed by atoms with Crippen molar-refractivity contribution in [3.05, 3.63) is 32.4 Å². The van der Waals surface area contributed by atoms with Crippen LogP contribution in [0.2, 0.25) is 5.02 Å². The van der Waals surface area contributed by atoms with E-state index in [1.54, 1.807) is 18.2 Å². The Hall–Kier alpha value is -0.330. The number of hydrogen-bond donors (Lipinski definition) is 2. The van der Waals surface area contributed by atoms with Crippen molar-refractivity contribution in [1.82, 2.24) is 5.32 Å². The molecule has 5 heteroatoms. The van der Waals surface area contributed by atoms with Gasteiger partial charge in [-0.2, -0.15) is 0 Å². The molecule has 0 spiro atoms. The van der Waals surface area contributed by atoms with E-state index in [1.807, 2.05) is 6.92 Å². The van der Waals surface area contributed by atoms with Crippen LogP contribution < -0.4 is 11.1 Å². The molecular formula is C11H14ClIN2O. The van der Waals surface area contributed by atoms with Crippen molar-refractivity contribution >= 4 is 40.1 Å². The number of nitrogens with two attached hydrogens (primary N) is 1. The van der Waals surface area contributed by atoms with E-state index in [0.717, 1.165) is 3.57 Å². The van der Waals surface area contributed by atoms with E-state index in [1.165, 1.54) is 0 Å². The maximum Gasteiger partial charge on any atom is 0.251 e. The number of carbonyl (C=O) groups excluding carboxylic acids is 1. The van der Waals surface area contributed by atoms with Crippen LogP contribution in [0.25, 0.3) is 0 Å². The van der Waals surface area contributed by atoms with E-state index in [9.17, 15) is 4.79 Å². The summed E-state index contributed by atoms with van der Waals surface area (Å²) >= 11 is 7.98. The Morgan fingerprint density at radius 3 is 2.88 bits per heavy atom. The van der Waals surface area contributed by atoms with Crippen molar-refractivity contribution in [3.8, 4) is 0 Å². The summed E-state index contributed by atoms with van der Waals surface area (Å²) in [6.07, 6.45) is 0. The molecule has 1 aromatic rings. The van der Waals surface area contributed by atoms with E-state index in [-0.39, 0.29) is 11.8 Å². The smallest absolute Gasteiger partial charge is 0.251 e. The predicted molar refractivity (Wildman–Crippen MR) is 74.7 cm³/mol. The lowest BCUT2D eigenvalue weighted by Crippen LogP contribution is -2.31. The van der Waals surface area contributed by atoms with Gasteiger partial charge in [-0.25, -0.2) is 0 Å². The van der Waals surface area contributed by atoms with Crippen molar-refractivity contribution in [3.63, 3.8) is 0 Å². The molecule has 0 aliphatic heterocycles. The van der Waals surface area contributed by atoms with Crippen LogP contribution >= 0.6 is 34.2 Å². The van der Waals surface area contributed by atoms with E-state index < -0.39 is 0 Å². The molecule has 1 rings (SSSR count). The van der Waals surface area contributed by atoms with Crippen LogP contribution in [0.3, 0.4) is 0 Å². The molecule has 0 aliphatic rings. The van der Waals surface area contributed by atoms with Crippen molar-refractivity contribution < 1.29 is 4.79 Å². The van der Waals surface area contributed by atoms with Gasteiger partial charge in [-0.1, -0.05) is 18.5 Å². The first-order valence-electron chi connectivity index (χ1n) is 4.98.